The number of rotatable bonds is 5. The van der Waals surface area contributed by atoms with Crippen LogP contribution in [0.15, 0.2) is 18.2 Å². The van der Waals surface area contributed by atoms with E-state index < -0.39 is 6.03 Å². The molecular weight excluding hydrogens is 386 g/mol. The van der Waals surface area contributed by atoms with Crippen molar-refractivity contribution in [1.82, 2.24) is 14.7 Å². The molecule has 4 rings (SSSR count). The molecule has 30 heavy (non-hydrogen) atoms. The zero-order valence-electron chi connectivity index (χ0n) is 17.7. The molecule has 1 aromatic heterocycles. The molecule has 2 saturated heterocycles. The molecule has 0 aliphatic carbocycles. The Morgan fingerprint density at radius 1 is 1.30 bits per heavy atom. The van der Waals surface area contributed by atoms with Gasteiger partial charge in [0.05, 0.1) is 33.4 Å². The van der Waals surface area contributed by atoms with Crippen molar-refractivity contribution in [3.8, 4) is 5.75 Å². The van der Waals surface area contributed by atoms with Crippen LogP contribution in [0.1, 0.15) is 30.3 Å². The Hall–Kier alpha value is -2.49. The summed E-state index contributed by atoms with van der Waals surface area (Å²) in [5.41, 5.74) is 6.82. The molecule has 1 unspecified atom stereocenters. The van der Waals surface area contributed by atoms with E-state index in [4.69, 9.17) is 20.3 Å². The van der Waals surface area contributed by atoms with Crippen molar-refractivity contribution in [3.63, 3.8) is 0 Å². The van der Waals surface area contributed by atoms with Gasteiger partial charge >= 0.3 is 11.9 Å². The van der Waals surface area contributed by atoms with Gasteiger partial charge in [-0.1, -0.05) is 6.07 Å². The van der Waals surface area contributed by atoms with E-state index in [0.29, 0.717) is 29.9 Å². The number of ether oxygens (including phenoxy) is 2. The predicted molar refractivity (Wildman–Crippen MR) is 111 cm³/mol. The van der Waals surface area contributed by atoms with Gasteiger partial charge in [-0.15, -0.1) is 0 Å². The number of quaternary nitrogens is 1. The van der Waals surface area contributed by atoms with Gasteiger partial charge in [-0.2, -0.15) is 9.58 Å². The number of benzene rings is 1. The molecule has 3 amide bonds. The number of primary amides is 1. The van der Waals surface area contributed by atoms with Crippen LogP contribution in [0.4, 0.5) is 4.79 Å². The van der Waals surface area contributed by atoms with Crippen molar-refractivity contribution >= 4 is 22.8 Å². The van der Waals surface area contributed by atoms with Gasteiger partial charge < -0.3 is 15.2 Å². The van der Waals surface area contributed by atoms with Crippen molar-refractivity contribution < 1.29 is 23.5 Å². The third kappa shape index (κ3) is 3.36. The van der Waals surface area contributed by atoms with E-state index in [1.807, 2.05) is 29.8 Å². The average Bonchev–Trinajstić information content (AvgIpc) is 3.34. The van der Waals surface area contributed by atoms with Gasteiger partial charge in [-0.05, 0) is 19.1 Å². The number of hydrogen-bond acceptors (Lipinski definition) is 6. The molecule has 2 aliphatic heterocycles. The lowest BCUT2D eigenvalue weighted by atomic mass is 10.1. The maximum absolute atomic E-state index is 13.7. The number of para-hydroxylation sites is 1. The predicted octanol–water partition coefficient (Wildman–Crippen LogP) is 1.60. The standard InChI is InChI=1S/C21H29N5O4/c1-15-5-4-12-26(15,21(22)28)20(27)18-16-6-3-7-17(29-2)19(16)25(23-18)9-8-24-10-13-30-14-11-24/h3,6-7,15H,4-5,8-14H2,1-2H3,(H-,22,28)/p+1/t15-,26?/m1/s1. The number of hydrogen-bond donors (Lipinski definition) is 1. The Bertz CT molecular complexity index is 952. The van der Waals surface area contributed by atoms with E-state index in [1.165, 1.54) is 0 Å². The first-order valence-electron chi connectivity index (χ1n) is 10.6. The second-order valence-corrected chi connectivity index (χ2v) is 8.11. The smallest absolute Gasteiger partial charge is 0.422 e. The monoisotopic (exact) mass is 416 g/mol. The highest BCUT2D eigenvalue weighted by atomic mass is 16.5. The van der Waals surface area contributed by atoms with Crippen LogP contribution in [0.25, 0.3) is 10.9 Å². The summed E-state index contributed by atoms with van der Waals surface area (Å²) >= 11 is 0. The fourth-order valence-corrected chi connectivity index (χ4v) is 4.74. The van der Waals surface area contributed by atoms with Crippen molar-refractivity contribution in [2.45, 2.75) is 32.4 Å². The number of nitrogens with zero attached hydrogens (tertiary/aromatic N) is 4. The summed E-state index contributed by atoms with van der Waals surface area (Å²) in [7, 11) is 1.61. The van der Waals surface area contributed by atoms with Crippen LogP contribution in [0.2, 0.25) is 0 Å². The summed E-state index contributed by atoms with van der Waals surface area (Å²) in [5, 5.41) is 5.39. The van der Waals surface area contributed by atoms with Crippen LogP contribution < -0.4 is 10.5 Å². The zero-order chi connectivity index (χ0) is 21.3. The number of carbonyl (C=O) groups is 2. The number of likely N-dealkylation sites (tertiary alicyclic amines) is 1. The number of methoxy groups -OCH3 is 1. The highest BCUT2D eigenvalue weighted by Gasteiger charge is 2.53. The van der Waals surface area contributed by atoms with E-state index in [1.54, 1.807) is 7.11 Å². The van der Waals surface area contributed by atoms with Gasteiger partial charge in [0.1, 0.15) is 17.3 Å². The van der Waals surface area contributed by atoms with Crippen LogP contribution in [-0.2, 0) is 11.3 Å². The lowest BCUT2D eigenvalue weighted by Crippen LogP contribution is -2.61. The number of carbonyl (C=O) groups excluding carboxylic acids is 2. The number of imide groups is 1. The maximum atomic E-state index is 13.7. The molecular formula is C21H30N5O4+. The Kier molecular flexibility index (Phi) is 5.77. The SMILES string of the molecule is COc1cccc2c(C(=O)[N+]3(C(N)=O)CCC[C@H]3C)nn(CCN3CCOCC3)c12. The van der Waals surface area contributed by atoms with Gasteiger partial charge in [0.2, 0.25) is 0 Å². The molecule has 162 valence electrons. The lowest BCUT2D eigenvalue weighted by molar-refractivity contribution is -0.777. The molecule has 2 aliphatic rings. The molecule has 1 aromatic carbocycles. The fourth-order valence-electron chi connectivity index (χ4n) is 4.74. The fraction of sp³-hybridized carbons (Fsp3) is 0.571. The largest absolute Gasteiger partial charge is 0.494 e. The van der Waals surface area contributed by atoms with Gasteiger partial charge in [-0.25, -0.2) is 9.59 Å². The summed E-state index contributed by atoms with van der Waals surface area (Å²) in [4.78, 5) is 28.4. The summed E-state index contributed by atoms with van der Waals surface area (Å²) in [5.74, 6) is 0.331. The maximum Gasteiger partial charge on any atom is 0.422 e. The van der Waals surface area contributed by atoms with Crippen molar-refractivity contribution in [3.05, 3.63) is 23.9 Å². The molecule has 0 spiro atoms. The summed E-state index contributed by atoms with van der Waals surface area (Å²) in [6.07, 6.45) is 1.57. The lowest BCUT2D eigenvalue weighted by Gasteiger charge is -2.30. The minimum absolute atomic E-state index is 0.158. The number of nitrogens with two attached hydrogens (primary N) is 1. The number of fused-ring (bicyclic) bond motifs is 1. The highest BCUT2D eigenvalue weighted by molar-refractivity contribution is 6.06. The van der Waals surface area contributed by atoms with Crippen LogP contribution in [-0.4, -0.2) is 83.6 Å². The van der Waals surface area contributed by atoms with Gasteiger partial charge in [-0.3, -0.25) is 9.58 Å². The van der Waals surface area contributed by atoms with Crippen molar-refractivity contribution in [2.24, 2.45) is 5.73 Å². The van der Waals surface area contributed by atoms with Crippen LogP contribution in [0, 0.1) is 0 Å². The first kappa shape index (κ1) is 20.8. The molecule has 9 heteroatoms. The molecule has 2 atom stereocenters. The molecule has 0 bridgehead atoms. The van der Waals surface area contributed by atoms with Crippen LogP contribution in [0.5, 0.6) is 5.75 Å². The molecule has 3 heterocycles. The van der Waals surface area contributed by atoms with E-state index in [-0.39, 0.29) is 16.4 Å². The first-order valence-corrected chi connectivity index (χ1v) is 10.6. The Morgan fingerprint density at radius 2 is 2.07 bits per heavy atom. The van der Waals surface area contributed by atoms with Crippen molar-refractivity contribution in [1.29, 1.82) is 0 Å². The zero-order valence-corrected chi connectivity index (χ0v) is 17.7. The Balaban J connectivity index is 1.75. The normalized spacial score (nSPS) is 24.9. The molecule has 9 nitrogen and oxygen atoms in total. The van der Waals surface area contributed by atoms with E-state index in [2.05, 4.69) is 4.90 Å². The quantitative estimate of drug-likeness (QED) is 0.743. The minimum atomic E-state index is -0.607. The average molecular weight is 417 g/mol. The van der Waals surface area contributed by atoms with Gasteiger partial charge in [0.25, 0.3) is 0 Å². The van der Waals surface area contributed by atoms with Crippen molar-refractivity contribution in [2.75, 3.05) is 46.5 Å². The topological polar surface area (TPSA) is 99.7 Å². The minimum Gasteiger partial charge on any atom is -0.494 e. The van der Waals surface area contributed by atoms with E-state index >= 15 is 0 Å². The Morgan fingerprint density at radius 3 is 2.70 bits per heavy atom. The molecule has 0 radical (unpaired) electrons. The molecule has 2 N–H and O–H groups in total. The van der Waals surface area contributed by atoms with E-state index in [9.17, 15) is 9.59 Å². The summed E-state index contributed by atoms with van der Waals surface area (Å²) < 4.78 is 12.4. The Labute approximate surface area is 175 Å². The molecule has 2 fully saturated rings. The third-order valence-corrected chi connectivity index (χ3v) is 6.53. The molecule has 0 saturated carbocycles. The summed E-state index contributed by atoms with van der Waals surface area (Å²) in [6.45, 7) is 6.93. The van der Waals surface area contributed by atoms with Crippen LogP contribution in [0.3, 0.4) is 0 Å². The highest BCUT2D eigenvalue weighted by Crippen LogP contribution is 2.34. The number of morpholine rings is 1. The van der Waals surface area contributed by atoms with E-state index in [0.717, 1.165) is 51.2 Å². The van der Waals surface area contributed by atoms with Crippen LogP contribution >= 0.6 is 0 Å². The summed E-state index contributed by atoms with van der Waals surface area (Å²) in [6, 6.07) is 4.80. The third-order valence-electron chi connectivity index (χ3n) is 6.53. The van der Waals surface area contributed by atoms with Gasteiger partial charge in [0, 0.05) is 37.9 Å². The first-order chi connectivity index (χ1) is 14.5. The second-order valence-electron chi connectivity index (χ2n) is 8.11. The van der Waals surface area contributed by atoms with Gasteiger partial charge in [0.15, 0.2) is 5.69 Å². The molecule has 2 aromatic rings. The second kappa shape index (κ2) is 8.33. The number of amides is 3. The number of urea groups is 1. The number of aromatic nitrogens is 2.